The Hall–Kier alpha value is -0.400. The third-order valence-corrected chi connectivity index (χ3v) is 4.91. The lowest BCUT2D eigenvalue weighted by Gasteiger charge is -2.36. The Morgan fingerprint density at radius 1 is 0.824 bits per heavy atom. The van der Waals surface area contributed by atoms with Gasteiger partial charge < -0.3 is 0 Å². The summed E-state index contributed by atoms with van der Waals surface area (Å²) in [5.74, 6) is 2.78. The summed E-state index contributed by atoms with van der Waals surface area (Å²) in [4.78, 5) is 0. The number of allylic oxidation sites excluding steroid dienone is 1. The van der Waals surface area contributed by atoms with Crippen LogP contribution in [0.25, 0.3) is 0 Å². The van der Waals surface area contributed by atoms with Crippen molar-refractivity contribution >= 4 is 0 Å². The Kier molecular flexibility index (Phi) is 4.58. The Morgan fingerprint density at radius 3 is 1.76 bits per heavy atom. The van der Waals surface area contributed by atoms with Crippen LogP contribution in [0, 0.1) is 23.7 Å². The number of hydrogen-bond acceptors (Lipinski definition) is 0. The van der Waals surface area contributed by atoms with Crippen molar-refractivity contribution in [1.29, 1.82) is 0 Å². The topological polar surface area (TPSA) is 0 Å². The normalized spacial score (nSPS) is 38.8. The van der Waals surface area contributed by atoms with Crippen molar-refractivity contribution in [2.45, 2.75) is 58.3 Å². The minimum Gasteiger partial charge on any atom is -0.174 e. The standard InChI is InChI=1S/C15H24F2/c1-11-2-6-13(7-3-11)14-8-4-12(5-9-14)10-15(16)17/h10-14H,2-9H2,1H3/t11-,12-,13-,14-. The highest BCUT2D eigenvalue weighted by molar-refractivity contribution is 4.92. The molecule has 2 rings (SSSR count). The highest BCUT2D eigenvalue weighted by Crippen LogP contribution is 2.41. The molecule has 0 aromatic rings. The van der Waals surface area contributed by atoms with Crippen molar-refractivity contribution in [3.63, 3.8) is 0 Å². The van der Waals surface area contributed by atoms with Crippen LogP contribution in [0.5, 0.6) is 0 Å². The molecule has 0 amide bonds. The van der Waals surface area contributed by atoms with Gasteiger partial charge in [-0.2, -0.15) is 8.78 Å². The van der Waals surface area contributed by atoms with Gasteiger partial charge in [0, 0.05) is 0 Å². The Morgan fingerprint density at radius 2 is 1.29 bits per heavy atom. The highest BCUT2D eigenvalue weighted by Gasteiger charge is 2.29. The molecule has 17 heavy (non-hydrogen) atoms. The first-order chi connectivity index (χ1) is 8.15. The quantitative estimate of drug-likeness (QED) is 0.608. The third-order valence-electron chi connectivity index (χ3n) is 4.91. The van der Waals surface area contributed by atoms with E-state index in [1.807, 2.05) is 0 Å². The molecule has 0 heterocycles. The molecular formula is C15H24F2. The van der Waals surface area contributed by atoms with Crippen LogP contribution in [0.2, 0.25) is 0 Å². The first kappa shape index (κ1) is 13.0. The lowest BCUT2D eigenvalue weighted by atomic mass is 9.69. The van der Waals surface area contributed by atoms with Gasteiger partial charge in [0.25, 0.3) is 6.08 Å². The minimum atomic E-state index is -1.49. The molecule has 0 aromatic heterocycles. The van der Waals surface area contributed by atoms with Gasteiger partial charge in [-0.05, 0) is 68.3 Å². The van der Waals surface area contributed by atoms with E-state index >= 15 is 0 Å². The second-order valence-electron chi connectivity index (χ2n) is 6.15. The van der Waals surface area contributed by atoms with Gasteiger partial charge in [0.15, 0.2) is 0 Å². The highest BCUT2D eigenvalue weighted by atomic mass is 19.3. The van der Waals surface area contributed by atoms with E-state index in [0.717, 1.165) is 30.6 Å². The molecule has 0 aliphatic heterocycles. The second kappa shape index (κ2) is 5.97. The summed E-state index contributed by atoms with van der Waals surface area (Å²) in [6.07, 6.45) is 9.52. The van der Waals surface area contributed by atoms with E-state index in [0.29, 0.717) is 0 Å². The predicted molar refractivity (Wildman–Crippen MR) is 66.9 cm³/mol. The van der Waals surface area contributed by atoms with Gasteiger partial charge in [0.05, 0.1) is 0 Å². The third kappa shape index (κ3) is 3.79. The molecule has 0 aromatic carbocycles. The summed E-state index contributed by atoms with van der Waals surface area (Å²) >= 11 is 0. The van der Waals surface area contributed by atoms with Gasteiger partial charge in [-0.15, -0.1) is 0 Å². The lowest BCUT2D eigenvalue weighted by Crippen LogP contribution is -2.24. The van der Waals surface area contributed by atoms with Gasteiger partial charge >= 0.3 is 0 Å². The van der Waals surface area contributed by atoms with E-state index in [4.69, 9.17) is 0 Å². The van der Waals surface area contributed by atoms with Crippen LogP contribution in [0.3, 0.4) is 0 Å². The molecule has 2 aliphatic rings. The van der Waals surface area contributed by atoms with Gasteiger partial charge in [-0.3, -0.25) is 0 Å². The molecule has 0 nitrogen and oxygen atoms in total. The molecule has 0 atom stereocenters. The smallest absolute Gasteiger partial charge is 0.174 e. The molecule has 2 fully saturated rings. The van der Waals surface area contributed by atoms with Crippen molar-refractivity contribution in [2.75, 3.05) is 0 Å². The summed E-state index contributed by atoms with van der Waals surface area (Å²) in [7, 11) is 0. The molecular weight excluding hydrogens is 218 g/mol. The van der Waals surface area contributed by atoms with E-state index in [9.17, 15) is 8.78 Å². The van der Waals surface area contributed by atoms with Crippen molar-refractivity contribution in [3.05, 3.63) is 12.2 Å². The van der Waals surface area contributed by atoms with Crippen molar-refractivity contribution < 1.29 is 8.78 Å². The summed E-state index contributed by atoms with van der Waals surface area (Å²) in [5, 5.41) is 0. The van der Waals surface area contributed by atoms with Crippen molar-refractivity contribution in [2.24, 2.45) is 23.7 Å². The molecule has 0 bridgehead atoms. The van der Waals surface area contributed by atoms with Crippen LogP contribution in [0.4, 0.5) is 8.78 Å². The molecule has 0 radical (unpaired) electrons. The Labute approximate surface area is 103 Å². The van der Waals surface area contributed by atoms with E-state index in [1.54, 1.807) is 0 Å². The Bertz CT molecular complexity index is 252. The zero-order chi connectivity index (χ0) is 12.3. The number of halogens is 2. The molecule has 98 valence electrons. The van der Waals surface area contributed by atoms with Crippen LogP contribution >= 0.6 is 0 Å². The molecule has 0 unspecified atom stereocenters. The fourth-order valence-electron chi connectivity index (χ4n) is 3.72. The van der Waals surface area contributed by atoms with Crippen LogP contribution in [-0.2, 0) is 0 Å². The van der Waals surface area contributed by atoms with Gasteiger partial charge in [0.2, 0.25) is 0 Å². The molecule has 0 saturated heterocycles. The second-order valence-corrected chi connectivity index (χ2v) is 6.15. The van der Waals surface area contributed by atoms with Crippen molar-refractivity contribution in [1.82, 2.24) is 0 Å². The maximum absolute atomic E-state index is 12.2. The van der Waals surface area contributed by atoms with Gasteiger partial charge in [-0.1, -0.05) is 19.8 Å². The first-order valence-corrected chi connectivity index (χ1v) is 7.18. The zero-order valence-corrected chi connectivity index (χ0v) is 10.8. The monoisotopic (exact) mass is 242 g/mol. The van der Waals surface area contributed by atoms with E-state index in [-0.39, 0.29) is 5.92 Å². The predicted octanol–water partition coefficient (Wildman–Crippen LogP) is 5.40. The number of rotatable bonds is 2. The van der Waals surface area contributed by atoms with Crippen LogP contribution in [0.15, 0.2) is 12.2 Å². The van der Waals surface area contributed by atoms with E-state index in [1.165, 1.54) is 44.6 Å². The lowest BCUT2D eigenvalue weighted by molar-refractivity contribution is 0.159. The maximum Gasteiger partial charge on any atom is 0.266 e. The first-order valence-electron chi connectivity index (χ1n) is 7.18. The largest absolute Gasteiger partial charge is 0.266 e. The summed E-state index contributed by atoms with van der Waals surface area (Å²) in [6, 6.07) is 0. The minimum absolute atomic E-state index is 0.152. The van der Waals surface area contributed by atoms with E-state index in [2.05, 4.69) is 6.92 Å². The molecule has 2 aliphatic carbocycles. The fraction of sp³-hybridized carbons (Fsp3) is 0.867. The summed E-state index contributed by atoms with van der Waals surface area (Å²) in [5.41, 5.74) is 0. The SMILES string of the molecule is C[C@H]1CC[C@H]([C@H]2CC[C@H](C=C(F)F)CC2)CC1. The summed E-state index contributed by atoms with van der Waals surface area (Å²) in [6.45, 7) is 2.35. The van der Waals surface area contributed by atoms with Gasteiger partial charge in [-0.25, -0.2) is 0 Å². The molecule has 2 saturated carbocycles. The molecule has 0 N–H and O–H groups in total. The van der Waals surface area contributed by atoms with Crippen LogP contribution < -0.4 is 0 Å². The Balaban J connectivity index is 1.77. The average molecular weight is 242 g/mol. The van der Waals surface area contributed by atoms with E-state index < -0.39 is 6.08 Å². The van der Waals surface area contributed by atoms with Gasteiger partial charge in [0.1, 0.15) is 0 Å². The van der Waals surface area contributed by atoms with Crippen LogP contribution in [0.1, 0.15) is 58.3 Å². The van der Waals surface area contributed by atoms with Crippen LogP contribution in [-0.4, -0.2) is 0 Å². The average Bonchev–Trinajstić information content (AvgIpc) is 2.30. The fourth-order valence-corrected chi connectivity index (χ4v) is 3.72. The molecule has 2 heteroatoms. The van der Waals surface area contributed by atoms with Crippen molar-refractivity contribution in [3.8, 4) is 0 Å². The number of hydrogen-bond donors (Lipinski definition) is 0. The maximum atomic E-state index is 12.2. The summed E-state index contributed by atoms with van der Waals surface area (Å²) < 4.78 is 24.4. The molecule has 0 spiro atoms. The zero-order valence-electron chi connectivity index (χ0n) is 10.8.